The molecule has 0 atom stereocenters. The number of fused-ring (bicyclic) bond motifs is 3. The predicted octanol–water partition coefficient (Wildman–Crippen LogP) is 3.15. The van der Waals surface area contributed by atoms with E-state index in [1.54, 1.807) is 25.3 Å². The molecule has 1 aliphatic carbocycles. The highest BCUT2D eigenvalue weighted by Gasteiger charge is 2.27. The van der Waals surface area contributed by atoms with Crippen LogP contribution in [0.1, 0.15) is 21.5 Å². The van der Waals surface area contributed by atoms with Gasteiger partial charge in [0, 0.05) is 29.8 Å². The van der Waals surface area contributed by atoms with Gasteiger partial charge in [0.25, 0.3) is 0 Å². The van der Waals surface area contributed by atoms with Gasteiger partial charge in [-0.2, -0.15) is 5.10 Å². The second kappa shape index (κ2) is 12.4. The molecule has 3 aromatic rings. The van der Waals surface area contributed by atoms with Crippen molar-refractivity contribution in [2.24, 2.45) is 0 Å². The van der Waals surface area contributed by atoms with Crippen molar-refractivity contribution in [3.8, 4) is 22.8 Å². The Morgan fingerprint density at radius 1 is 1.03 bits per heavy atom. The van der Waals surface area contributed by atoms with Crippen LogP contribution in [0.4, 0.5) is 11.5 Å². The first-order chi connectivity index (χ1) is 17.6. The maximum absolute atomic E-state index is 11.9. The van der Waals surface area contributed by atoms with E-state index in [1.807, 2.05) is 25.2 Å². The third-order valence-electron chi connectivity index (χ3n) is 5.79. The van der Waals surface area contributed by atoms with Gasteiger partial charge in [-0.15, -0.1) is 0 Å². The highest BCUT2D eigenvalue weighted by molar-refractivity contribution is 5.91. The summed E-state index contributed by atoms with van der Waals surface area (Å²) in [6.07, 6.45) is 0.688. The maximum atomic E-state index is 11.9. The molecule has 10 heteroatoms. The summed E-state index contributed by atoms with van der Waals surface area (Å²) in [5.41, 5.74) is 5.31. The number of hydrogen-bond acceptors (Lipinski definition) is 9. The number of aromatic nitrogens is 2. The number of methoxy groups -OCH3 is 2. The van der Waals surface area contributed by atoms with Gasteiger partial charge in [0.15, 0.2) is 17.3 Å². The molecule has 0 bridgehead atoms. The fourth-order valence-corrected chi connectivity index (χ4v) is 3.99. The number of carbonyl (C=O) groups is 1. The van der Waals surface area contributed by atoms with Crippen LogP contribution in [0.15, 0.2) is 36.4 Å². The molecule has 1 aromatic heterocycles. The van der Waals surface area contributed by atoms with Crippen LogP contribution in [-0.2, 0) is 20.6 Å². The summed E-state index contributed by atoms with van der Waals surface area (Å²) in [5, 5.41) is 13.9. The largest absolute Gasteiger partial charge is 0.493 e. The lowest BCUT2D eigenvalue weighted by molar-refractivity contribution is 0.0373. The predicted molar refractivity (Wildman–Crippen MR) is 136 cm³/mol. The number of H-pyrrole nitrogens is 1. The molecule has 4 rings (SSSR count). The minimum atomic E-state index is -0.388. The standard InChI is InChI=1S/C26H32N4O6/c1-27-7-8-34-9-10-35-11-12-36-23-16-20-18(15-22(23)32-2)14-21-24(20)29-30-25(21)28-19-6-4-5-17(13-19)26(31)33-3/h4-6,13,15-16,27H,7-12,14H2,1-3H3,(H2,28,29,30). The molecule has 0 unspecified atom stereocenters. The lowest BCUT2D eigenvalue weighted by Crippen LogP contribution is -2.17. The zero-order valence-electron chi connectivity index (χ0n) is 20.8. The molecule has 0 fully saturated rings. The Morgan fingerprint density at radius 3 is 2.61 bits per heavy atom. The van der Waals surface area contributed by atoms with Crippen molar-refractivity contribution >= 4 is 17.5 Å². The summed E-state index contributed by atoms with van der Waals surface area (Å²) < 4.78 is 27.4. The van der Waals surface area contributed by atoms with Crippen molar-refractivity contribution in [3.05, 3.63) is 53.1 Å². The van der Waals surface area contributed by atoms with Crippen LogP contribution in [-0.4, -0.2) is 77.0 Å². The van der Waals surface area contributed by atoms with Crippen LogP contribution in [0.5, 0.6) is 11.5 Å². The molecule has 0 spiro atoms. The van der Waals surface area contributed by atoms with Gasteiger partial charge in [-0.3, -0.25) is 5.10 Å². The van der Waals surface area contributed by atoms with Crippen molar-refractivity contribution in [2.45, 2.75) is 6.42 Å². The number of ether oxygens (including phenoxy) is 5. The number of carbonyl (C=O) groups excluding carboxylic acids is 1. The molecule has 0 aliphatic heterocycles. The van der Waals surface area contributed by atoms with Crippen LogP contribution >= 0.6 is 0 Å². The first kappa shape index (κ1) is 25.5. The molecular formula is C26H32N4O6. The van der Waals surface area contributed by atoms with E-state index < -0.39 is 0 Å². The number of anilines is 2. The smallest absolute Gasteiger partial charge is 0.337 e. The molecule has 0 saturated heterocycles. The Balaban J connectivity index is 1.39. The Labute approximate surface area is 210 Å². The van der Waals surface area contributed by atoms with Gasteiger partial charge in [-0.25, -0.2) is 4.79 Å². The van der Waals surface area contributed by atoms with E-state index in [0.29, 0.717) is 62.3 Å². The molecule has 1 aliphatic rings. The quantitative estimate of drug-likeness (QED) is 0.179. The first-order valence-electron chi connectivity index (χ1n) is 11.8. The molecule has 1 heterocycles. The highest BCUT2D eigenvalue weighted by Crippen LogP contribution is 2.44. The third-order valence-corrected chi connectivity index (χ3v) is 5.79. The molecule has 192 valence electrons. The summed E-state index contributed by atoms with van der Waals surface area (Å²) in [5.74, 6) is 1.63. The average molecular weight is 497 g/mol. The summed E-state index contributed by atoms with van der Waals surface area (Å²) in [6, 6.07) is 11.1. The normalized spacial score (nSPS) is 11.6. The van der Waals surface area contributed by atoms with E-state index in [0.717, 1.165) is 34.6 Å². The minimum absolute atomic E-state index is 0.388. The molecular weight excluding hydrogens is 464 g/mol. The summed E-state index contributed by atoms with van der Waals surface area (Å²) in [4.78, 5) is 11.9. The van der Waals surface area contributed by atoms with E-state index in [2.05, 4.69) is 20.8 Å². The van der Waals surface area contributed by atoms with Gasteiger partial charge in [0.05, 0.1) is 51.9 Å². The fourth-order valence-electron chi connectivity index (χ4n) is 3.99. The lowest BCUT2D eigenvalue weighted by Gasteiger charge is -2.13. The Kier molecular flexibility index (Phi) is 8.77. The Morgan fingerprint density at radius 2 is 1.83 bits per heavy atom. The second-order valence-electron chi connectivity index (χ2n) is 8.14. The number of nitrogens with one attached hydrogen (secondary N) is 3. The fraction of sp³-hybridized carbons (Fsp3) is 0.385. The van der Waals surface area contributed by atoms with E-state index in [-0.39, 0.29) is 5.97 Å². The molecule has 10 nitrogen and oxygen atoms in total. The zero-order chi connectivity index (χ0) is 25.3. The maximum Gasteiger partial charge on any atom is 0.337 e. The third kappa shape index (κ3) is 5.96. The number of esters is 1. The molecule has 2 aromatic carbocycles. The molecule has 3 N–H and O–H groups in total. The Hall–Kier alpha value is -3.60. The summed E-state index contributed by atoms with van der Waals surface area (Å²) >= 11 is 0. The van der Waals surface area contributed by atoms with Crippen LogP contribution in [0.25, 0.3) is 11.3 Å². The van der Waals surface area contributed by atoms with Gasteiger partial charge in [0.1, 0.15) is 6.61 Å². The zero-order valence-corrected chi connectivity index (χ0v) is 20.8. The number of hydrogen-bond donors (Lipinski definition) is 3. The molecule has 0 amide bonds. The van der Waals surface area contributed by atoms with E-state index in [1.165, 1.54) is 7.11 Å². The van der Waals surface area contributed by atoms with E-state index in [9.17, 15) is 4.79 Å². The van der Waals surface area contributed by atoms with Gasteiger partial charge in [-0.05, 0) is 42.9 Å². The second-order valence-corrected chi connectivity index (χ2v) is 8.14. The SMILES string of the molecule is CNCCOCCOCCOc1cc2c(cc1OC)Cc1c(Nc3cccc(C(=O)OC)c3)n[nH]c1-2. The van der Waals surface area contributed by atoms with Crippen molar-refractivity contribution in [1.82, 2.24) is 15.5 Å². The Bertz CT molecular complexity index is 1180. The first-order valence-corrected chi connectivity index (χ1v) is 11.8. The van der Waals surface area contributed by atoms with E-state index in [4.69, 9.17) is 23.7 Å². The molecule has 0 saturated carbocycles. The number of aromatic amines is 1. The summed E-state index contributed by atoms with van der Waals surface area (Å²) in [6.45, 7) is 3.39. The lowest BCUT2D eigenvalue weighted by atomic mass is 10.1. The number of rotatable bonds is 14. The van der Waals surface area contributed by atoms with Crippen molar-refractivity contribution in [3.63, 3.8) is 0 Å². The number of benzene rings is 2. The molecule has 36 heavy (non-hydrogen) atoms. The molecule has 0 radical (unpaired) electrons. The average Bonchev–Trinajstić information content (AvgIpc) is 3.46. The highest BCUT2D eigenvalue weighted by atomic mass is 16.6. The van der Waals surface area contributed by atoms with Gasteiger partial charge in [-0.1, -0.05) is 6.07 Å². The van der Waals surface area contributed by atoms with E-state index >= 15 is 0 Å². The van der Waals surface area contributed by atoms with Crippen LogP contribution in [0, 0.1) is 0 Å². The van der Waals surface area contributed by atoms with Gasteiger partial charge in [0.2, 0.25) is 0 Å². The van der Waals surface area contributed by atoms with Crippen molar-refractivity contribution in [1.29, 1.82) is 0 Å². The number of likely N-dealkylation sites (N-methyl/N-ethyl adjacent to an activating group) is 1. The monoisotopic (exact) mass is 496 g/mol. The van der Waals surface area contributed by atoms with Gasteiger partial charge < -0.3 is 34.3 Å². The number of nitrogens with zero attached hydrogens (tertiary/aromatic N) is 1. The van der Waals surface area contributed by atoms with Crippen LogP contribution < -0.4 is 20.1 Å². The minimum Gasteiger partial charge on any atom is -0.493 e. The summed E-state index contributed by atoms with van der Waals surface area (Å²) in [7, 11) is 4.88. The van der Waals surface area contributed by atoms with Crippen molar-refractivity contribution < 1.29 is 28.5 Å². The topological polar surface area (TPSA) is 116 Å². The van der Waals surface area contributed by atoms with Crippen LogP contribution in [0.2, 0.25) is 0 Å². The van der Waals surface area contributed by atoms with Crippen molar-refractivity contribution in [2.75, 3.05) is 66.2 Å². The van der Waals surface area contributed by atoms with Crippen LogP contribution in [0.3, 0.4) is 0 Å². The van der Waals surface area contributed by atoms with Gasteiger partial charge >= 0.3 is 5.97 Å².